The number of anilines is 1. The molecule has 23 heavy (non-hydrogen) atoms. The number of rotatable bonds is 2. The highest BCUT2D eigenvalue weighted by molar-refractivity contribution is 6.30. The van der Waals surface area contributed by atoms with Gasteiger partial charge in [-0.05, 0) is 49.2 Å². The van der Waals surface area contributed by atoms with Crippen LogP contribution in [-0.2, 0) is 17.6 Å². The summed E-state index contributed by atoms with van der Waals surface area (Å²) >= 11 is 5.87. The van der Waals surface area contributed by atoms with Crippen LogP contribution >= 0.6 is 11.6 Å². The highest BCUT2D eigenvalue weighted by Gasteiger charge is 2.28. The van der Waals surface area contributed by atoms with Gasteiger partial charge < -0.3 is 9.72 Å². The lowest BCUT2D eigenvalue weighted by Crippen LogP contribution is -2.28. The molecular formula is C18H16ClN3O. The lowest BCUT2D eigenvalue weighted by Gasteiger charge is -2.21. The number of amides is 1. The van der Waals surface area contributed by atoms with Crippen LogP contribution in [0.1, 0.15) is 17.8 Å². The van der Waals surface area contributed by atoms with E-state index in [0.29, 0.717) is 5.02 Å². The van der Waals surface area contributed by atoms with Gasteiger partial charge in [0.15, 0.2) is 0 Å². The quantitative estimate of drug-likeness (QED) is 0.780. The fourth-order valence-corrected chi connectivity index (χ4v) is 3.29. The fraction of sp³-hybridized carbons (Fsp3) is 0.222. The zero-order valence-corrected chi connectivity index (χ0v) is 13.3. The topological polar surface area (TPSA) is 46.4 Å². The van der Waals surface area contributed by atoms with E-state index >= 15 is 0 Å². The lowest BCUT2D eigenvalue weighted by atomic mass is 9.89. The van der Waals surface area contributed by atoms with E-state index in [1.807, 2.05) is 36.5 Å². The van der Waals surface area contributed by atoms with E-state index in [1.165, 1.54) is 0 Å². The van der Waals surface area contributed by atoms with Crippen molar-refractivity contribution in [2.24, 2.45) is 5.92 Å². The molecule has 0 spiro atoms. The Kier molecular flexibility index (Phi) is 3.54. The number of pyridine rings is 1. The number of fused-ring (bicyclic) bond motifs is 3. The molecule has 1 aliphatic rings. The zero-order valence-electron chi connectivity index (χ0n) is 12.5. The van der Waals surface area contributed by atoms with Crippen molar-refractivity contribution in [3.05, 3.63) is 65.1 Å². The van der Waals surface area contributed by atoms with Crippen LogP contribution in [0.15, 0.2) is 48.7 Å². The zero-order chi connectivity index (χ0) is 15.8. The number of hydrogen-bond donors (Lipinski definition) is 1. The van der Waals surface area contributed by atoms with E-state index in [2.05, 4.69) is 14.7 Å². The van der Waals surface area contributed by atoms with Crippen LogP contribution in [0.2, 0.25) is 5.02 Å². The molecule has 2 aromatic heterocycles. The number of aryl methyl sites for hydroxylation is 1. The molecule has 4 rings (SSSR count). The van der Waals surface area contributed by atoms with Gasteiger partial charge in [0.25, 0.3) is 0 Å². The molecule has 1 aromatic carbocycles. The Morgan fingerprint density at radius 3 is 2.87 bits per heavy atom. The van der Waals surface area contributed by atoms with Crippen molar-refractivity contribution in [3.63, 3.8) is 0 Å². The number of carbonyl (C=O) groups is 1. The van der Waals surface area contributed by atoms with Crippen LogP contribution in [0.3, 0.4) is 0 Å². The van der Waals surface area contributed by atoms with Crippen molar-refractivity contribution >= 4 is 28.8 Å². The van der Waals surface area contributed by atoms with Gasteiger partial charge in [0, 0.05) is 34.9 Å². The Labute approximate surface area is 139 Å². The summed E-state index contributed by atoms with van der Waals surface area (Å²) < 4.78 is 2.09. The van der Waals surface area contributed by atoms with Gasteiger partial charge in [0.2, 0.25) is 5.91 Å². The summed E-state index contributed by atoms with van der Waals surface area (Å²) in [6.07, 6.45) is 4.41. The molecule has 0 bridgehead atoms. The summed E-state index contributed by atoms with van der Waals surface area (Å²) in [6.45, 7) is 0. The third kappa shape index (κ3) is 2.70. The predicted octanol–water partition coefficient (Wildman–Crippen LogP) is 3.73. The standard InChI is InChI=1S/C18H16ClN3O/c19-13-5-7-14(8-6-13)20-18(23)12-4-9-15-16(11-12)22-10-2-1-3-17(22)21-15/h1-3,5-8,10,12H,4,9,11H2,(H,20,23). The van der Waals surface area contributed by atoms with E-state index in [4.69, 9.17) is 11.6 Å². The minimum absolute atomic E-state index is 0.0294. The number of carbonyl (C=O) groups excluding carboxylic acids is 1. The molecule has 1 N–H and O–H groups in total. The van der Waals surface area contributed by atoms with Gasteiger partial charge in [-0.2, -0.15) is 0 Å². The summed E-state index contributed by atoms with van der Waals surface area (Å²) in [4.78, 5) is 17.2. The number of nitrogens with zero attached hydrogens (tertiary/aromatic N) is 2. The molecule has 0 saturated carbocycles. The number of aromatic nitrogens is 2. The van der Waals surface area contributed by atoms with Gasteiger partial charge in [-0.3, -0.25) is 4.79 Å². The molecular weight excluding hydrogens is 310 g/mol. The number of benzene rings is 1. The highest BCUT2D eigenvalue weighted by atomic mass is 35.5. The maximum Gasteiger partial charge on any atom is 0.227 e. The number of halogens is 1. The molecule has 0 aliphatic heterocycles. The first-order chi connectivity index (χ1) is 11.2. The van der Waals surface area contributed by atoms with Crippen LogP contribution in [-0.4, -0.2) is 15.3 Å². The molecule has 116 valence electrons. The Morgan fingerprint density at radius 1 is 1.22 bits per heavy atom. The summed E-state index contributed by atoms with van der Waals surface area (Å²) in [7, 11) is 0. The molecule has 0 fully saturated rings. The van der Waals surface area contributed by atoms with Gasteiger partial charge in [-0.25, -0.2) is 4.98 Å². The average molecular weight is 326 g/mol. The van der Waals surface area contributed by atoms with E-state index in [1.54, 1.807) is 12.1 Å². The Bertz CT molecular complexity index is 870. The first-order valence-corrected chi connectivity index (χ1v) is 8.10. The van der Waals surface area contributed by atoms with Crippen LogP contribution in [0.4, 0.5) is 5.69 Å². The molecule has 2 heterocycles. The molecule has 1 amide bonds. The van der Waals surface area contributed by atoms with Crippen molar-refractivity contribution in [2.75, 3.05) is 5.32 Å². The molecule has 1 aliphatic carbocycles. The second kappa shape index (κ2) is 5.70. The number of hydrogen-bond acceptors (Lipinski definition) is 2. The monoisotopic (exact) mass is 325 g/mol. The van der Waals surface area contributed by atoms with Gasteiger partial charge in [0.1, 0.15) is 5.65 Å². The van der Waals surface area contributed by atoms with Crippen LogP contribution in [0, 0.1) is 5.92 Å². The first kappa shape index (κ1) is 14.3. The Morgan fingerprint density at radius 2 is 2.04 bits per heavy atom. The fourth-order valence-electron chi connectivity index (χ4n) is 3.16. The van der Waals surface area contributed by atoms with Gasteiger partial charge in [-0.1, -0.05) is 17.7 Å². The molecule has 0 radical (unpaired) electrons. The molecule has 3 aromatic rings. The van der Waals surface area contributed by atoms with Crippen LogP contribution < -0.4 is 5.32 Å². The third-order valence-corrected chi connectivity index (χ3v) is 4.62. The van der Waals surface area contributed by atoms with Gasteiger partial charge in [0.05, 0.1) is 5.69 Å². The average Bonchev–Trinajstić information content (AvgIpc) is 2.94. The Balaban J connectivity index is 1.55. The normalized spacial score (nSPS) is 17.0. The second-order valence-electron chi connectivity index (χ2n) is 5.87. The molecule has 0 saturated heterocycles. The Hall–Kier alpha value is -2.33. The smallest absolute Gasteiger partial charge is 0.227 e. The van der Waals surface area contributed by atoms with E-state index < -0.39 is 0 Å². The maximum atomic E-state index is 12.5. The maximum absolute atomic E-state index is 12.5. The highest BCUT2D eigenvalue weighted by Crippen LogP contribution is 2.27. The third-order valence-electron chi connectivity index (χ3n) is 4.36. The van der Waals surface area contributed by atoms with Crippen molar-refractivity contribution in [1.29, 1.82) is 0 Å². The largest absolute Gasteiger partial charge is 0.326 e. The molecule has 1 atom stereocenters. The van der Waals surface area contributed by atoms with E-state index in [-0.39, 0.29) is 11.8 Å². The van der Waals surface area contributed by atoms with Gasteiger partial charge >= 0.3 is 0 Å². The summed E-state index contributed by atoms with van der Waals surface area (Å²) in [6, 6.07) is 13.2. The molecule has 1 unspecified atom stereocenters. The van der Waals surface area contributed by atoms with E-state index in [9.17, 15) is 4.79 Å². The minimum atomic E-state index is -0.0294. The van der Waals surface area contributed by atoms with E-state index in [0.717, 1.165) is 42.0 Å². The second-order valence-corrected chi connectivity index (χ2v) is 6.31. The van der Waals surface area contributed by atoms with Crippen LogP contribution in [0.25, 0.3) is 5.65 Å². The first-order valence-electron chi connectivity index (χ1n) is 7.72. The molecule has 4 nitrogen and oxygen atoms in total. The number of imidazole rings is 1. The summed E-state index contributed by atoms with van der Waals surface area (Å²) in [5.74, 6) is 0.0298. The van der Waals surface area contributed by atoms with Crippen molar-refractivity contribution in [2.45, 2.75) is 19.3 Å². The predicted molar refractivity (Wildman–Crippen MR) is 90.8 cm³/mol. The summed E-state index contributed by atoms with van der Waals surface area (Å²) in [5.41, 5.74) is 4.01. The van der Waals surface area contributed by atoms with Crippen LogP contribution in [0.5, 0.6) is 0 Å². The summed E-state index contributed by atoms with van der Waals surface area (Å²) in [5, 5.41) is 3.65. The lowest BCUT2D eigenvalue weighted by molar-refractivity contribution is -0.120. The van der Waals surface area contributed by atoms with Crippen molar-refractivity contribution < 1.29 is 4.79 Å². The minimum Gasteiger partial charge on any atom is -0.326 e. The van der Waals surface area contributed by atoms with Gasteiger partial charge in [-0.15, -0.1) is 0 Å². The SMILES string of the molecule is O=C(Nc1ccc(Cl)cc1)C1CCc2nc3ccccn3c2C1. The molecule has 5 heteroatoms. The van der Waals surface area contributed by atoms with Crippen molar-refractivity contribution in [3.8, 4) is 0 Å². The van der Waals surface area contributed by atoms with Crippen molar-refractivity contribution in [1.82, 2.24) is 9.38 Å². The number of nitrogens with one attached hydrogen (secondary N) is 1.